The number of nitro benzene ring substituents is 1. The summed E-state index contributed by atoms with van der Waals surface area (Å²) in [5.41, 5.74) is 0.801. The van der Waals surface area contributed by atoms with E-state index in [1.807, 2.05) is 12.1 Å². The highest BCUT2D eigenvalue weighted by molar-refractivity contribution is 5.77. The molecular weight excluding hydrogens is 324 g/mol. The lowest BCUT2D eigenvalue weighted by Gasteiger charge is -2.21. The fourth-order valence-electron chi connectivity index (χ4n) is 2.09. The Morgan fingerprint density at radius 1 is 1.32 bits per heavy atom. The third-order valence-corrected chi connectivity index (χ3v) is 3.35. The molecule has 0 bridgehead atoms. The van der Waals surface area contributed by atoms with Crippen LogP contribution in [0.4, 0.5) is 5.69 Å². The highest BCUT2D eigenvalue weighted by Gasteiger charge is 2.15. The Bertz CT molecular complexity index is 756. The van der Waals surface area contributed by atoms with Crippen LogP contribution in [0, 0.1) is 21.4 Å². The number of nitro groups is 1. The number of carbonyl (C=O) groups excluding carboxylic acids is 1. The van der Waals surface area contributed by atoms with Crippen molar-refractivity contribution in [2.45, 2.75) is 13.0 Å². The van der Waals surface area contributed by atoms with Gasteiger partial charge in [0.1, 0.15) is 5.75 Å². The van der Waals surface area contributed by atoms with Crippen molar-refractivity contribution in [1.29, 1.82) is 5.26 Å². The van der Waals surface area contributed by atoms with Gasteiger partial charge < -0.3 is 9.64 Å². The van der Waals surface area contributed by atoms with Gasteiger partial charge >= 0.3 is 0 Å². The number of ether oxygens (including phenoxy) is 1. The van der Waals surface area contributed by atoms with Gasteiger partial charge in [0.15, 0.2) is 6.61 Å². The highest BCUT2D eigenvalue weighted by atomic mass is 16.6. The smallest absolute Gasteiger partial charge is 0.269 e. The van der Waals surface area contributed by atoms with E-state index >= 15 is 0 Å². The van der Waals surface area contributed by atoms with Crippen molar-refractivity contribution < 1.29 is 14.5 Å². The van der Waals surface area contributed by atoms with Crippen LogP contribution in [0.5, 0.6) is 5.75 Å². The van der Waals surface area contributed by atoms with Crippen molar-refractivity contribution in [3.63, 3.8) is 0 Å². The molecule has 0 unspecified atom stereocenters. The van der Waals surface area contributed by atoms with Gasteiger partial charge in [0.25, 0.3) is 11.6 Å². The Balaban J connectivity index is 1.96. The molecule has 0 fully saturated rings. The summed E-state index contributed by atoms with van der Waals surface area (Å²) in [5.74, 6) is 0.0815. The van der Waals surface area contributed by atoms with E-state index in [1.54, 1.807) is 18.5 Å². The van der Waals surface area contributed by atoms with Gasteiger partial charge in [-0.3, -0.25) is 19.9 Å². The molecule has 8 heteroatoms. The van der Waals surface area contributed by atoms with Crippen LogP contribution in [0.15, 0.2) is 48.8 Å². The van der Waals surface area contributed by atoms with E-state index in [-0.39, 0.29) is 31.2 Å². The molecule has 0 N–H and O–H groups in total. The molecule has 0 saturated heterocycles. The van der Waals surface area contributed by atoms with E-state index in [1.165, 1.54) is 29.2 Å². The van der Waals surface area contributed by atoms with E-state index in [4.69, 9.17) is 10.00 Å². The molecule has 0 saturated carbocycles. The Morgan fingerprint density at radius 3 is 2.68 bits per heavy atom. The topological polar surface area (TPSA) is 109 Å². The number of benzene rings is 1. The first kappa shape index (κ1) is 17.9. The normalized spacial score (nSPS) is 9.88. The SMILES string of the molecule is N#CCCN(Cc1cccnc1)C(=O)COc1ccc([N+](=O)[O-])cc1. The van der Waals surface area contributed by atoms with Gasteiger partial charge in [0, 0.05) is 37.6 Å². The number of nitrogens with zero attached hydrogens (tertiary/aromatic N) is 4. The van der Waals surface area contributed by atoms with Gasteiger partial charge in [0.2, 0.25) is 0 Å². The number of hydrogen-bond acceptors (Lipinski definition) is 6. The Kier molecular flexibility index (Phi) is 6.42. The maximum atomic E-state index is 12.4. The number of nitriles is 1. The number of rotatable bonds is 8. The Labute approximate surface area is 144 Å². The molecule has 1 heterocycles. The fourth-order valence-corrected chi connectivity index (χ4v) is 2.09. The van der Waals surface area contributed by atoms with E-state index in [0.717, 1.165) is 5.56 Å². The van der Waals surface area contributed by atoms with Crippen molar-refractivity contribution in [1.82, 2.24) is 9.88 Å². The van der Waals surface area contributed by atoms with Gasteiger partial charge in [-0.15, -0.1) is 0 Å². The molecule has 8 nitrogen and oxygen atoms in total. The first-order valence-corrected chi connectivity index (χ1v) is 7.51. The van der Waals surface area contributed by atoms with Crippen LogP contribution >= 0.6 is 0 Å². The van der Waals surface area contributed by atoms with Crippen LogP contribution < -0.4 is 4.74 Å². The highest BCUT2D eigenvalue weighted by Crippen LogP contribution is 2.17. The van der Waals surface area contributed by atoms with E-state index < -0.39 is 4.92 Å². The summed E-state index contributed by atoms with van der Waals surface area (Å²) < 4.78 is 5.39. The first-order valence-electron chi connectivity index (χ1n) is 7.51. The molecule has 1 amide bonds. The van der Waals surface area contributed by atoms with Crippen LogP contribution in [-0.4, -0.2) is 33.9 Å². The molecule has 0 spiro atoms. The molecule has 2 aromatic rings. The third kappa shape index (κ3) is 5.58. The van der Waals surface area contributed by atoms with Crippen molar-refractivity contribution in [2.75, 3.05) is 13.2 Å². The maximum Gasteiger partial charge on any atom is 0.269 e. The summed E-state index contributed by atoms with van der Waals surface area (Å²) in [6, 6.07) is 11.1. The van der Waals surface area contributed by atoms with Gasteiger partial charge in [0.05, 0.1) is 17.4 Å². The molecule has 0 radical (unpaired) electrons. The predicted molar refractivity (Wildman–Crippen MR) is 88.5 cm³/mol. The molecule has 0 aliphatic rings. The fraction of sp³-hybridized carbons (Fsp3) is 0.235. The van der Waals surface area contributed by atoms with Gasteiger partial charge in [-0.05, 0) is 23.8 Å². The maximum absolute atomic E-state index is 12.4. The van der Waals surface area contributed by atoms with Crippen molar-refractivity contribution in [2.24, 2.45) is 0 Å². The van der Waals surface area contributed by atoms with Crippen LogP contribution in [-0.2, 0) is 11.3 Å². The molecule has 25 heavy (non-hydrogen) atoms. The number of pyridine rings is 1. The zero-order valence-corrected chi connectivity index (χ0v) is 13.4. The van der Waals surface area contributed by atoms with E-state index in [0.29, 0.717) is 12.3 Å². The van der Waals surface area contributed by atoms with Gasteiger partial charge in [-0.2, -0.15) is 5.26 Å². The Hall–Kier alpha value is -3.47. The lowest BCUT2D eigenvalue weighted by atomic mass is 10.2. The summed E-state index contributed by atoms with van der Waals surface area (Å²) in [5, 5.41) is 19.4. The van der Waals surface area contributed by atoms with Crippen molar-refractivity contribution in [3.8, 4) is 11.8 Å². The number of amides is 1. The number of non-ortho nitro benzene ring substituents is 1. The second kappa shape index (κ2) is 8.98. The van der Waals surface area contributed by atoms with E-state index in [9.17, 15) is 14.9 Å². The van der Waals surface area contributed by atoms with Gasteiger partial charge in [-0.25, -0.2) is 0 Å². The van der Waals surface area contributed by atoms with Gasteiger partial charge in [-0.1, -0.05) is 6.07 Å². The molecule has 128 valence electrons. The summed E-state index contributed by atoms with van der Waals surface area (Å²) in [4.78, 5) is 28.0. The lowest BCUT2D eigenvalue weighted by Crippen LogP contribution is -2.35. The zero-order valence-electron chi connectivity index (χ0n) is 13.4. The average Bonchev–Trinajstić information content (AvgIpc) is 2.64. The van der Waals surface area contributed by atoms with Crippen molar-refractivity contribution in [3.05, 3.63) is 64.5 Å². The number of carbonyl (C=O) groups is 1. The quantitative estimate of drug-likeness (QED) is 0.539. The molecular formula is C17H16N4O4. The molecule has 0 aliphatic heterocycles. The van der Waals surface area contributed by atoms with Crippen molar-refractivity contribution >= 4 is 11.6 Å². The summed E-state index contributed by atoms with van der Waals surface area (Å²) in [6.45, 7) is 0.398. The minimum Gasteiger partial charge on any atom is -0.484 e. The lowest BCUT2D eigenvalue weighted by molar-refractivity contribution is -0.384. The minimum atomic E-state index is -0.507. The first-order chi connectivity index (χ1) is 12.1. The molecule has 1 aromatic heterocycles. The molecule has 0 aliphatic carbocycles. The largest absolute Gasteiger partial charge is 0.484 e. The molecule has 0 atom stereocenters. The van der Waals surface area contributed by atoms with Crippen LogP contribution in [0.2, 0.25) is 0 Å². The second-order valence-electron chi connectivity index (χ2n) is 5.12. The summed E-state index contributed by atoms with van der Waals surface area (Å²) in [7, 11) is 0. The standard InChI is InChI=1S/C17H16N4O4/c18-8-2-10-20(12-14-3-1-9-19-11-14)17(22)13-25-16-6-4-15(5-7-16)21(23)24/h1,3-7,9,11H,2,10,12-13H2. The minimum absolute atomic E-state index is 0.0501. The average molecular weight is 340 g/mol. The third-order valence-electron chi connectivity index (χ3n) is 3.35. The Morgan fingerprint density at radius 2 is 2.08 bits per heavy atom. The van der Waals surface area contributed by atoms with Crippen LogP contribution in [0.3, 0.4) is 0 Å². The van der Waals surface area contributed by atoms with E-state index in [2.05, 4.69) is 4.98 Å². The second-order valence-corrected chi connectivity index (χ2v) is 5.12. The summed E-state index contributed by atoms with van der Waals surface area (Å²) in [6.07, 6.45) is 3.51. The van der Waals surface area contributed by atoms with Crippen LogP contribution in [0.25, 0.3) is 0 Å². The monoisotopic (exact) mass is 340 g/mol. The number of aromatic nitrogens is 1. The molecule has 1 aromatic carbocycles. The van der Waals surface area contributed by atoms with Crippen LogP contribution in [0.1, 0.15) is 12.0 Å². The molecule has 2 rings (SSSR count). The number of hydrogen-bond donors (Lipinski definition) is 0. The zero-order chi connectivity index (χ0) is 18.1. The summed E-state index contributed by atoms with van der Waals surface area (Å²) >= 11 is 0. The predicted octanol–water partition coefficient (Wildman–Crippen LogP) is 2.31.